The molecule has 0 atom stereocenters. The molecule has 0 fully saturated rings. The van der Waals surface area contributed by atoms with E-state index >= 15 is 0 Å². The van der Waals surface area contributed by atoms with Gasteiger partial charge >= 0.3 is 11.9 Å². The molecule has 2 aromatic rings. The molecule has 0 N–H and O–H groups in total. The summed E-state index contributed by atoms with van der Waals surface area (Å²) in [5.41, 5.74) is 0.380. The first-order valence-corrected chi connectivity index (χ1v) is 12.2. The third kappa shape index (κ3) is 7.74. The second-order valence-electron chi connectivity index (χ2n) is 8.71. The number of benzene rings is 2. The van der Waals surface area contributed by atoms with Crippen molar-refractivity contribution >= 4 is 32.9 Å². The van der Waals surface area contributed by atoms with Gasteiger partial charge in [-0.1, -0.05) is 18.2 Å². The molecule has 2 aromatic carbocycles. The fraction of sp³-hybridized carbons (Fsp3) is 0.333. The highest BCUT2D eigenvalue weighted by molar-refractivity contribution is 7.90. The highest BCUT2D eigenvalue weighted by atomic mass is 32.2. The van der Waals surface area contributed by atoms with E-state index in [1.54, 1.807) is 0 Å². The molecule has 0 aromatic heterocycles. The zero-order chi connectivity index (χ0) is 25.7. The minimum absolute atomic E-state index is 0.0171. The Morgan fingerprint density at radius 3 is 2.00 bits per heavy atom. The Bertz CT molecular complexity index is 1200. The molecular formula is C24H28F2NO6S+. The number of carbonyl (C=O) groups excluding carboxylic acids is 2. The van der Waals surface area contributed by atoms with Crippen LogP contribution in [0.25, 0.3) is 11.1 Å². The Morgan fingerprint density at radius 1 is 0.912 bits per heavy atom. The number of nitrogens with zero attached hydrogens (tertiary/aromatic N) is 1. The summed E-state index contributed by atoms with van der Waals surface area (Å²) in [4.78, 5) is 24.7. The van der Waals surface area contributed by atoms with Gasteiger partial charge in [-0.05, 0) is 35.4 Å². The molecule has 0 aliphatic heterocycles. The molecule has 0 heterocycles. The quantitative estimate of drug-likeness (QED) is 0.230. The van der Waals surface area contributed by atoms with Crippen molar-refractivity contribution in [3.8, 4) is 0 Å². The third-order valence-corrected chi connectivity index (χ3v) is 5.89. The molecule has 2 rings (SSSR count). The average Bonchev–Trinajstić information content (AvgIpc) is 2.71. The van der Waals surface area contributed by atoms with Crippen molar-refractivity contribution in [2.75, 3.05) is 47.2 Å². The zero-order valence-corrected chi connectivity index (χ0v) is 20.5. The van der Waals surface area contributed by atoms with Gasteiger partial charge in [-0.3, -0.25) is 4.79 Å². The van der Waals surface area contributed by atoms with E-state index in [0.29, 0.717) is 16.6 Å². The first-order valence-electron chi connectivity index (χ1n) is 10.3. The molecular weight excluding hydrogens is 468 g/mol. The van der Waals surface area contributed by atoms with Crippen molar-refractivity contribution in [1.82, 2.24) is 0 Å². The number of quaternary nitrogens is 1. The maximum atomic E-state index is 14.1. The molecule has 0 aliphatic rings. The third-order valence-electron chi connectivity index (χ3n) is 4.76. The summed E-state index contributed by atoms with van der Waals surface area (Å²) in [5.74, 6) is -3.73. The molecule has 0 unspecified atom stereocenters. The molecule has 0 saturated heterocycles. The van der Waals surface area contributed by atoms with Crippen LogP contribution in [-0.4, -0.2) is 72.0 Å². The summed E-state index contributed by atoms with van der Waals surface area (Å²) in [6.45, 7) is 1.33. The Labute approximate surface area is 198 Å². The Hall–Kier alpha value is -3.11. The van der Waals surface area contributed by atoms with Crippen molar-refractivity contribution in [2.24, 2.45) is 0 Å². The van der Waals surface area contributed by atoms with Crippen LogP contribution < -0.4 is 0 Å². The van der Waals surface area contributed by atoms with Crippen LogP contribution in [0.5, 0.6) is 0 Å². The van der Waals surface area contributed by atoms with Crippen LogP contribution >= 0.6 is 0 Å². The molecule has 10 heteroatoms. The number of hydrogen-bond acceptors (Lipinski definition) is 6. The van der Waals surface area contributed by atoms with Gasteiger partial charge in [0.15, 0.2) is 21.5 Å². The van der Waals surface area contributed by atoms with Crippen LogP contribution in [0.1, 0.15) is 18.1 Å². The summed E-state index contributed by atoms with van der Waals surface area (Å²) >= 11 is 0. The summed E-state index contributed by atoms with van der Waals surface area (Å²) in [5, 5.41) is 0. The Morgan fingerprint density at radius 2 is 1.50 bits per heavy atom. The van der Waals surface area contributed by atoms with Gasteiger partial charge in [-0.25, -0.2) is 22.0 Å². The minimum atomic E-state index is -3.48. The van der Waals surface area contributed by atoms with E-state index < -0.39 is 33.4 Å². The highest BCUT2D eigenvalue weighted by Crippen LogP contribution is 2.30. The van der Waals surface area contributed by atoms with Gasteiger partial charge in [0, 0.05) is 18.8 Å². The highest BCUT2D eigenvalue weighted by Gasteiger charge is 2.24. The Kier molecular flexibility index (Phi) is 8.68. The van der Waals surface area contributed by atoms with Gasteiger partial charge in [0.2, 0.25) is 0 Å². The lowest BCUT2D eigenvalue weighted by atomic mass is 9.94. The van der Waals surface area contributed by atoms with Gasteiger partial charge in [-0.2, -0.15) is 0 Å². The standard InChI is InChI=1S/C24H28F2NO6S/c1-16(28)33-15-20(17-6-9-19(10-7-17)34(5,30)31)23(18-8-11-21(25)22(26)14-18)24(29)32-13-12-27(2,3)4/h6-11,14H,12-13,15H2,1-5H3/q+1/b23-20+. The normalized spacial score (nSPS) is 12.7. The fourth-order valence-corrected chi connectivity index (χ4v) is 3.56. The number of likely N-dealkylation sites (N-methyl/N-ethyl adjacent to an activating group) is 1. The number of ether oxygens (including phenoxy) is 2. The van der Waals surface area contributed by atoms with Crippen LogP contribution in [0.3, 0.4) is 0 Å². The van der Waals surface area contributed by atoms with Gasteiger partial charge in [-0.15, -0.1) is 0 Å². The molecule has 0 bridgehead atoms. The number of esters is 2. The van der Waals surface area contributed by atoms with Crippen LogP contribution in [0, 0.1) is 11.6 Å². The van der Waals surface area contributed by atoms with E-state index in [0.717, 1.165) is 18.4 Å². The second-order valence-corrected chi connectivity index (χ2v) is 10.7. The largest absolute Gasteiger partial charge is 0.461 e. The monoisotopic (exact) mass is 496 g/mol. The number of rotatable bonds is 9. The van der Waals surface area contributed by atoms with E-state index in [9.17, 15) is 26.8 Å². The molecule has 7 nitrogen and oxygen atoms in total. The molecule has 184 valence electrons. The number of hydrogen-bond donors (Lipinski definition) is 0. The van der Waals surface area contributed by atoms with Gasteiger partial charge < -0.3 is 14.0 Å². The van der Waals surface area contributed by atoms with Crippen molar-refractivity contribution in [3.63, 3.8) is 0 Å². The van der Waals surface area contributed by atoms with Crippen LogP contribution in [-0.2, 0) is 28.9 Å². The number of carbonyl (C=O) groups is 2. The number of halogens is 2. The molecule has 0 amide bonds. The summed E-state index contributed by atoms with van der Waals surface area (Å²) in [7, 11) is 2.25. The minimum Gasteiger partial charge on any atom is -0.461 e. The van der Waals surface area contributed by atoms with E-state index in [4.69, 9.17) is 9.47 Å². The van der Waals surface area contributed by atoms with Gasteiger partial charge in [0.25, 0.3) is 0 Å². The Balaban J connectivity index is 2.68. The van der Waals surface area contributed by atoms with Crippen LogP contribution in [0.2, 0.25) is 0 Å². The molecule has 0 radical (unpaired) electrons. The molecule has 0 aliphatic carbocycles. The van der Waals surface area contributed by atoms with Crippen LogP contribution in [0.15, 0.2) is 47.4 Å². The zero-order valence-electron chi connectivity index (χ0n) is 19.7. The predicted molar refractivity (Wildman–Crippen MR) is 123 cm³/mol. The molecule has 34 heavy (non-hydrogen) atoms. The maximum absolute atomic E-state index is 14.1. The number of sulfone groups is 1. The maximum Gasteiger partial charge on any atom is 0.339 e. The van der Waals surface area contributed by atoms with Crippen molar-refractivity contribution < 1.29 is 40.7 Å². The lowest BCUT2D eigenvalue weighted by Crippen LogP contribution is -2.38. The second kappa shape index (κ2) is 10.9. The summed E-state index contributed by atoms with van der Waals surface area (Å²) in [6, 6.07) is 8.49. The smallest absolute Gasteiger partial charge is 0.339 e. The summed E-state index contributed by atoms with van der Waals surface area (Å²) < 4.78 is 62.4. The topological polar surface area (TPSA) is 86.7 Å². The van der Waals surface area contributed by atoms with Crippen molar-refractivity contribution in [1.29, 1.82) is 0 Å². The average molecular weight is 497 g/mol. The fourth-order valence-electron chi connectivity index (χ4n) is 2.93. The first kappa shape index (κ1) is 27.1. The summed E-state index contributed by atoms with van der Waals surface area (Å²) in [6.07, 6.45) is 1.05. The van der Waals surface area contributed by atoms with Gasteiger partial charge in [0.05, 0.1) is 31.6 Å². The van der Waals surface area contributed by atoms with E-state index in [1.807, 2.05) is 21.1 Å². The van der Waals surface area contributed by atoms with Crippen molar-refractivity contribution in [2.45, 2.75) is 11.8 Å². The van der Waals surface area contributed by atoms with E-state index in [-0.39, 0.29) is 34.8 Å². The predicted octanol–water partition coefficient (Wildman–Crippen LogP) is 3.09. The molecule has 0 spiro atoms. The molecule has 0 saturated carbocycles. The van der Waals surface area contributed by atoms with Gasteiger partial charge in [0.1, 0.15) is 19.8 Å². The first-order chi connectivity index (χ1) is 15.7. The van der Waals surface area contributed by atoms with Crippen LogP contribution in [0.4, 0.5) is 8.78 Å². The van der Waals surface area contributed by atoms with E-state index in [1.165, 1.54) is 37.3 Å². The lowest BCUT2D eigenvalue weighted by Gasteiger charge is -2.23. The van der Waals surface area contributed by atoms with E-state index in [2.05, 4.69) is 0 Å². The van der Waals surface area contributed by atoms with Crippen molar-refractivity contribution in [3.05, 3.63) is 65.2 Å². The SMILES string of the molecule is CC(=O)OC/C(=C(\C(=O)OCC[N+](C)(C)C)c1ccc(F)c(F)c1)c1ccc(S(C)(=O)=O)cc1. The lowest BCUT2D eigenvalue weighted by molar-refractivity contribution is -0.870.